The molecule has 0 saturated carbocycles. The second-order valence-electron chi connectivity index (χ2n) is 9.00. The van der Waals surface area contributed by atoms with E-state index in [2.05, 4.69) is 18.7 Å². The van der Waals surface area contributed by atoms with E-state index in [1.54, 1.807) is 30.3 Å². The van der Waals surface area contributed by atoms with Crippen LogP contribution in [0.1, 0.15) is 49.9 Å². The fraction of sp³-hybridized carbons (Fsp3) is 0.407. The van der Waals surface area contributed by atoms with Crippen LogP contribution < -0.4 is 4.74 Å². The van der Waals surface area contributed by atoms with Crippen molar-refractivity contribution in [3.8, 4) is 5.75 Å². The van der Waals surface area contributed by atoms with Crippen LogP contribution in [0.4, 0.5) is 0 Å². The summed E-state index contributed by atoms with van der Waals surface area (Å²) in [5.74, 6) is -0.758. The van der Waals surface area contributed by atoms with Crippen molar-refractivity contribution < 1.29 is 19.4 Å². The van der Waals surface area contributed by atoms with E-state index >= 15 is 0 Å². The zero-order valence-electron chi connectivity index (χ0n) is 20.2. The summed E-state index contributed by atoms with van der Waals surface area (Å²) < 4.78 is 5.76. The summed E-state index contributed by atoms with van der Waals surface area (Å²) in [4.78, 5) is 30.2. The van der Waals surface area contributed by atoms with Gasteiger partial charge in [-0.25, -0.2) is 0 Å². The van der Waals surface area contributed by atoms with Crippen LogP contribution in [0.25, 0.3) is 5.76 Å². The Morgan fingerprint density at radius 1 is 1.11 bits per heavy atom. The van der Waals surface area contributed by atoms with E-state index in [-0.39, 0.29) is 17.4 Å². The monoisotopic (exact) mass is 516 g/mol. The average Bonchev–Trinajstić information content (AvgIpc) is 3.34. The number of hydrogen-bond acceptors (Lipinski definition) is 5. The third-order valence-corrected chi connectivity index (χ3v) is 7.48. The molecule has 0 radical (unpaired) electrons. The number of carbonyl (C=O) groups excluding carboxylic acids is 2. The summed E-state index contributed by atoms with van der Waals surface area (Å²) in [6.45, 7) is 9.15. The number of aliphatic hydroxyl groups is 1. The normalized spacial score (nSPS) is 21.0. The Labute approximate surface area is 216 Å². The van der Waals surface area contributed by atoms with Gasteiger partial charge in [-0.1, -0.05) is 43.1 Å². The highest BCUT2D eigenvalue weighted by atomic mass is 35.5. The smallest absolute Gasteiger partial charge is 0.295 e. The third-order valence-electron chi connectivity index (χ3n) is 6.74. The third kappa shape index (κ3) is 5.06. The van der Waals surface area contributed by atoms with Crippen LogP contribution in [0.3, 0.4) is 0 Å². The maximum atomic E-state index is 13.3. The lowest BCUT2D eigenvalue weighted by atomic mass is 9.94. The van der Waals surface area contributed by atoms with Gasteiger partial charge in [0, 0.05) is 18.5 Å². The van der Waals surface area contributed by atoms with Gasteiger partial charge in [0.2, 0.25) is 0 Å². The summed E-state index contributed by atoms with van der Waals surface area (Å²) in [6, 6.07) is 9.62. The van der Waals surface area contributed by atoms with Gasteiger partial charge in [0.25, 0.3) is 11.7 Å². The molecule has 6 nitrogen and oxygen atoms in total. The first-order valence-corrected chi connectivity index (χ1v) is 12.8. The van der Waals surface area contributed by atoms with Gasteiger partial charge >= 0.3 is 0 Å². The molecule has 1 saturated heterocycles. The molecular formula is C27H30Cl2N2O4. The number of fused-ring (bicyclic) bond motifs is 1. The van der Waals surface area contributed by atoms with E-state index in [1.165, 1.54) is 4.90 Å². The number of hydrogen-bond donors (Lipinski definition) is 1. The number of ketones is 1. The second-order valence-corrected chi connectivity index (χ2v) is 9.82. The van der Waals surface area contributed by atoms with E-state index in [1.807, 2.05) is 13.0 Å². The number of Topliss-reactive ketones (excluding diaryl/α,β-unsaturated/α-hetero) is 1. The molecule has 1 fully saturated rings. The molecule has 186 valence electrons. The Kier molecular flexibility index (Phi) is 7.74. The molecule has 2 aliphatic heterocycles. The molecule has 0 aromatic heterocycles. The van der Waals surface area contributed by atoms with E-state index in [9.17, 15) is 14.7 Å². The standard InChI is InChI=1S/C27H30Cl2N2O4/c1-4-30(5-2)11-6-12-31-24(17-7-9-20(28)21(29)15-17)23(26(33)27(31)34)25(32)18-8-10-22-19(14-18)13-16(3)35-22/h7-10,14-16,24,32H,4-6,11-13H2,1-3H3/t16-,24-/m0/s1. The van der Waals surface area contributed by atoms with Crippen molar-refractivity contribution >= 4 is 40.7 Å². The first kappa shape index (κ1) is 25.5. The van der Waals surface area contributed by atoms with E-state index in [4.69, 9.17) is 27.9 Å². The molecule has 1 amide bonds. The van der Waals surface area contributed by atoms with Crippen molar-refractivity contribution in [2.75, 3.05) is 26.2 Å². The lowest BCUT2D eigenvalue weighted by Crippen LogP contribution is -2.33. The first-order chi connectivity index (χ1) is 16.7. The Balaban J connectivity index is 1.75. The molecule has 4 rings (SSSR count). The van der Waals surface area contributed by atoms with E-state index in [0.29, 0.717) is 40.6 Å². The molecule has 1 N–H and O–H groups in total. The SMILES string of the molecule is CCN(CC)CCCN1C(=O)C(=O)C(=C(O)c2ccc3c(c2)C[C@H](C)O3)[C@@H]1c1ccc(Cl)c(Cl)c1. The van der Waals surface area contributed by atoms with Crippen LogP contribution >= 0.6 is 23.2 Å². The molecule has 2 aromatic rings. The van der Waals surface area contributed by atoms with Crippen molar-refractivity contribution in [1.82, 2.24) is 9.80 Å². The van der Waals surface area contributed by atoms with Crippen molar-refractivity contribution in [1.29, 1.82) is 0 Å². The highest BCUT2D eigenvalue weighted by Gasteiger charge is 2.46. The predicted molar refractivity (Wildman–Crippen MR) is 138 cm³/mol. The number of aliphatic hydroxyl groups excluding tert-OH is 1. The average molecular weight is 517 g/mol. The van der Waals surface area contributed by atoms with Gasteiger partial charge in [-0.3, -0.25) is 9.59 Å². The van der Waals surface area contributed by atoms with Gasteiger partial charge in [0.05, 0.1) is 21.7 Å². The lowest BCUT2D eigenvalue weighted by Gasteiger charge is -2.27. The van der Waals surface area contributed by atoms with Crippen molar-refractivity contribution in [3.05, 3.63) is 68.7 Å². The minimum Gasteiger partial charge on any atom is -0.507 e. The van der Waals surface area contributed by atoms with Gasteiger partial charge < -0.3 is 19.6 Å². The van der Waals surface area contributed by atoms with Gasteiger partial charge in [0.1, 0.15) is 17.6 Å². The number of likely N-dealkylation sites (tertiary alicyclic amines) is 1. The van der Waals surface area contributed by atoms with Crippen LogP contribution in [0.5, 0.6) is 5.75 Å². The van der Waals surface area contributed by atoms with Crippen LogP contribution in [-0.4, -0.2) is 58.9 Å². The zero-order chi connectivity index (χ0) is 25.3. The Morgan fingerprint density at radius 2 is 1.86 bits per heavy atom. The van der Waals surface area contributed by atoms with Crippen LogP contribution in [-0.2, 0) is 16.0 Å². The number of ether oxygens (including phenoxy) is 1. The van der Waals surface area contributed by atoms with Crippen molar-refractivity contribution in [2.24, 2.45) is 0 Å². The lowest BCUT2D eigenvalue weighted by molar-refractivity contribution is -0.140. The Hall–Kier alpha value is -2.54. The molecule has 35 heavy (non-hydrogen) atoms. The molecule has 2 aliphatic rings. The largest absolute Gasteiger partial charge is 0.507 e. The van der Waals surface area contributed by atoms with Gasteiger partial charge in [-0.15, -0.1) is 0 Å². The van der Waals surface area contributed by atoms with Crippen molar-refractivity contribution in [2.45, 2.75) is 45.8 Å². The fourth-order valence-corrected chi connectivity index (χ4v) is 5.18. The second kappa shape index (κ2) is 10.6. The summed E-state index contributed by atoms with van der Waals surface area (Å²) in [5, 5.41) is 12.0. The van der Waals surface area contributed by atoms with Gasteiger partial charge in [-0.05, 0) is 74.4 Å². The highest BCUT2D eigenvalue weighted by Crippen LogP contribution is 2.42. The van der Waals surface area contributed by atoms with Gasteiger partial charge in [0.15, 0.2) is 0 Å². The number of amides is 1. The van der Waals surface area contributed by atoms with Gasteiger partial charge in [-0.2, -0.15) is 0 Å². The summed E-state index contributed by atoms with van der Waals surface area (Å²) in [7, 11) is 0. The summed E-state index contributed by atoms with van der Waals surface area (Å²) >= 11 is 12.4. The molecule has 0 spiro atoms. The highest BCUT2D eigenvalue weighted by molar-refractivity contribution is 6.46. The zero-order valence-corrected chi connectivity index (χ0v) is 21.7. The summed E-state index contributed by atoms with van der Waals surface area (Å²) in [6.07, 6.45) is 1.46. The number of benzene rings is 2. The molecule has 2 heterocycles. The number of rotatable bonds is 8. The molecule has 0 unspecified atom stereocenters. The number of halogens is 2. The first-order valence-electron chi connectivity index (χ1n) is 12.0. The topological polar surface area (TPSA) is 70.1 Å². The number of nitrogens with zero attached hydrogens (tertiary/aromatic N) is 2. The molecule has 0 aliphatic carbocycles. The maximum Gasteiger partial charge on any atom is 0.295 e. The fourth-order valence-electron chi connectivity index (χ4n) is 4.87. The Morgan fingerprint density at radius 3 is 2.54 bits per heavy atom. The molecule has 8 heteroatoms. The van der Waals surface area contributed by atoms with Crippen LogP contribution in [0, 0.1) is 0 Å². The van der Waals surface area contributed by atoms with E-state index < -0.39 is 17.7 Å². The quantitative estimate of drug-likeness (QED) is 0.286. The van der Waals surface area contributed by atoms with Crippen molar-refractivity contribution in [3.63, 3.8) is 0 Å². The maximum absolute atomic E-state index is 13.3. The number of carbonyl (C=O) groups is 2. The van der Waals surface area contributed by atoms with Crippen LogP contribution in [0.15, 0.2) is 42.0 Å². The molecule has 0 bridgehead atoms. The summed E-state index contributed by atoms with van der Waals surface area (Å²) in [5.41, 5.74) is 2.12. The molecular weight excluding hydrogens is 487 g/mol. The minimum atomic E-state index is -0.759. The molecule has 2 atom stereocenters. The Bertz CT molecular complexity index is 1180. The van der Waals surface area contributed by atoms with E-state index in [0.717, 1.165) is 30.9 Å². The predicted octanol–water partition coefficient (Wildman–Crippen LogP) is 5.47. The minimum absolute atomic E-state index is 0.0509. The molecule has 2 aromatic carbocycles. The van der Waals surface area contributed by atoms with Crippen LogP contribution in [0.2, 0.25) is 10.0 Å².